The van der Waals surface area contributed by atoms with E-state index in [2.05, 4.69) is 42.6 Å². The van der Waals surface area contributed by atoms with Gasteiger partial charge in [-0.25, -0.2) is 9.79 Å². The van der Waals surface area contributed by atoms with Crippen LogP contribution in [0.15, 0.2) is 58.6 Å². The highest BCUT2D eigenvalue weighted by atomic mass is 32.2. The topological polar surface area (TPSA) is 63.1 Å². The maximum absolute atomic E-state index is 12.2. The van der Waals surface area contributed by atoms with Crippen molar-refractivity contribution in [3.8, 4) is 0 Å². The lowest BCUT2D eigenvalue weighted by Crippen LogP contribution is -2.16. The van der Waals surface area contributed by atoms with Gasteiger partial charge in [0.25, 0.3) is 0 Å². The molecule has 6 heteroatoms. The van der Waals surface area contributed by atoms with Crippen molar-refractivity contribution in [1.82, 2.24) is 5.43 Å². The van der Waals surface area contributed by atoms with Gasteiger partial charge in [0, 0.05) is 6.21 Å². The predicted octanol–water partition coefficient (Wildman–Crippen LogP) is 5.89. The molecule has 154 valence electrons. The van der Waals surface area contributed by atoms with Crippen molar-refractivity contribution in [1.29, 1.82) is 0 Å². The molecule has 0 aliphatic rings. The van der Waals surface area contributed by atoms with E-state index in [1.807, 2.05) is 45.2 Å². The summed E-state index contributed by atoms with van der Waals surface area (Å²) in [6, 6.07) is 15.2. The lowest BCUT2D eigenvalue weighted by Gasteiger charge is -2.12. The van der Waals surface area contributed by atoms with Crippen LogP contribution in [0.4, 0.5) is 5.69 Å². The number of aliphatic imine (C=N–C) groups is 1. The first-order valence-electron chi connectivity index (χ1n) is 9.70. The molecule has 0 atom stereocenters. The van der Waals surface area contributed by atoms with Crippen LogP contribution in [0, 0.1) is 12.8 Å². The zero-order chi connectivity index (χ0) is 21.2. The molecule has 5 nitrogen and oxygen atoms in total. The third-order valence-corrected chi connectivity index (χ3v) is 4.65. The highest BCUT2D eigenvalue weighted by Crippen LogP contribution is 2.28. The number of thioether (sulfide) groups is 1. The van der Waals surface area contributed by atoms with E-state index in [0.29, 0.717) is 22.6 Å². The number of carbonyl (C=O) groups is 1. The molecule has 2 aromatic rings. The second-order valence-electron chi connectivity index (χ2n) is 7.33. The molecule has 0 spiro atoms. The van der Waals surface area contributed by atoms with E-state index in [9.17, 15) is 4.79 Å². The molecule has 0 heterocycles. The summed E-state index contributed by atoms with van der Waals surface area (Å²) in [5.74, 6) is 0.437. The molecule has 0 saturated heterocycles. The van der Waals surface area contributed by atoms with Gasteiger partial charge in [-0.05, 0) is 59.8 Å². The van der Waals surface area contributed by atoms with Gasteiger partial charge >= 0.3 is 5.97 Å². The van der Waals surface area contributed by atoms with Gasteiger partial charge in [0.05, 0.1) is 11.3 Å². The molecule has 2 rings (SSSR count). The zero-order valence-corrected chi connectivity index (χ0v) is 18.5. The van der Waals surface area contributed by atoms with E-state index in [-0.39, 0.29) is 11.9 Å². The summed E-state index contributed by atoms with van der Waals surface area (Å²) >= 11 is 1.30. The minimum absolute atomic E-state index is 0.138. The number of amidine groups is 1. The quantitative estimate of drug-likeness (QED) is 0.203. The van der Waals surface area contributed by atoms with Crippen molar-refractivity contribution in [2.24, 2.45) is 16.0 Å². The van der Waals surface area contributed by atoms with Crippen molar-refractivity contribution in [2.45, 2.75) is 40.5 Å². The number of hydrogen-bond donors (Lipinski definition) is 1. The van der Waals surface area contributed by atoms with E-state index >= 15 is 0 Å². The summed E-state index contributed by atoms with van der Waals surface area (Å²) in [4.78, 5) is 16.9. The predicted molar refractivity (Wildman–Crippen MR) is 123 cm³/mol. The molecule has 0 saturated carbocycles. The van der Waals surface area contributed by atoms with Crippen LogP contribution in [0.5, 0.6) is 0 Å². The molecule has 0 unspecified atom stereocenters. The molecule has 0 aromatic heterocycles. The first kappa shape index (κ1) is 22.7. The molecule has 0 aliphatic carbocycles. The summed E-state index contributed by atoms with van der Waals surface area (Å²) in [6.45, 7) is 10.4. The Kier molecular flexibility index (Phi) is 8.93. The molecule has 0 radical (unpaired) electrons. The van der Waals surface area contributed by atoms with E-state index < -0.39 is 0 Å². The fourth-order valence-electron chi connectivity index (χ4n) is 2.48. The number of benzene rings is 2. The number of hydrazone groups is 1. The van der Waals surface area contributed by atoms with Crippen LogP contribution in [0.3, 0.4) is 0 Å². The zero-order valence-electron chi connectivity index (χ0n) is 17.7. The van der Waals surface area contributed by atoms with Crippen molar-refractivity contribution in [3.63, 3.8) is 0 Å². The maximum atomic E-state index is 12.2. The number of nitrogens with zero attached hydrogens (tertiary/aromatic N) is 2. The van der Waals surface area contributed by atoms with E-state index in [4.69, 9.17) is 9.73 Å². The minimum atomic E-state index is -0.360. The maximum Gasteiger partial charge on any atom is 0.338 e. The molecule has 2 aromatic carbocycles. The normalized spacial score (nSPS) is 12.0. The molecular weight excluding hydrogens is 382 g/mol. The molecular formula is C23H29N3O2S. The Hall–Kier alpha value is -2.60. The number of ether oxygens (including phenoxy) is 1. The van der Waals surface area contributed by atoms with Gasteiger partial charge in [-0.1, -0.05) is 58.0 Å². The van der Waals surface area contributed by atoms with Gasteiger partial charge in [0.15, 0.2) is 5.17 Å². The van der Waals surface area contributed by atoms with Crippen LogP contribution < -0.4 is 5.43 Å². The summed E-state index contributed by atoms with van der Waals surface area (Å²) in [7, 11) is 0. The third-order valence-electron chi connectivity index (χ3n) is 3.96. The van der Waals surface area contributed by atoms with Crippen molar-refractivity contribution < 1.29 is 9.53 Å². The van der Waals surface area contributed by atoms with Crippen molar-refractivity contribution in [2.75, 3.05) is 5.94 Å². The molecule has 1 N–H and O–H groups in total. The fraction of sp³-hybridized carbons (Fsp3) is 0.348. The fourth-order valence-corrected chi connectivity index (χ4v) is 3.03. The van der Waals surface area contributed by atoms with Gasteiger partial charge in [0.1, 0.15) is 5.94 Å². The molecule has 0 fully saturated rings. The van der Waals surface area contributed by atoms with Crippen LogP contribution in [0.25, 0.3) is 0 Å². The van der Waals surface area contributed by atoms with Gasteiger partial charge < -0.3 is 4.74 Å². The van der Waals surface area contributed by atoms with Gasteiger partial charge in [0.2, 0.25) is 0 Å². The average Bonchev–Trinajstić information content (AvgIpc) is 2.68. The molecule has 29 heavy (non-hydrogen) atoms. The van der Waals surface area contributed by atoms with Crippen LogP contribution in [-0.2, 0) is 4.74 Å². The Labute approximate surface area is 177 Å². The Balaban J connectivity index is 2.15. The first-order valence-corrected chi connectivity index (χ1v) is 10.7. The Morgan fingerprint density at radius 2 is 1.86 bits per heavy atom. The summed E-state index contributed by atoms with van der Waals surface area (Å²) < 4.78 is 5.38. The molecule has 0 aliphatic heterocycles. The Morgan fingerprint density at radius 3 is 2.52 bits per heavy atom. The van der Waals surface area contributed by atoms with Crippen LogP contribution in [0.2, 0.25) is 0 Å². The van der Waals surface area contributed by atoms with Gasteiger partial charge in [-0.2, -0.15) is 5.10 Å². The lowest BCUT2D eigenvalue weighted by molar-refractivity contribution is 0.0580. The first-order chi connectivity index (χ1) is 13.9. The van der Waals surface area contributed by atoms with Crippen molar-refractivity contribution >= 4 is 34.8 Å². The van der Waals surface area contributed by atoms with E-state index in [1.165, 1.54) is 11.8 Å². The second-order valence-corrected chi connectivity index (χ2v) is 8.24. The Bertz CT molecular complexity index is 862. The number of esters is 1. The second kappa shape index (κ2) is 11.4. The summed E-state index contributed by atoms with van der Waals surface area (Å²) in [6.07, 6.45) is 1.81. The standard InChI is InChI=1S/C23H29N3O2S/c1-16(2)14-24-26-23(25-21-13-18(5)11-12-20(21)17(3)4)29-15-28-22(27)19-9-7-6-8-10-19/h6-14,16-17H,15H2,1-5H3,(H,25,26)/b24-14+. The molecule has 0 amide bonds. The summed E-state index contributed by atoms with van der Waals surface area (Å²) in [5.41, 5.74) is 6.70. The van der Waals surface area contributed by atoms with Crippen LogP contribution >= 0.6 is 11.8 Å². The Morgan fingerprint density at radius 1 is 1.14 bits per heavy atom. The number of hydrogen-bond acceptors (Lipinski definition) is 5. The monoisotopic (exact) mass is 411 g/mol. The number of rotatable bonds is 7. The average molecular weight is 412 g/mol. The van der Waals surface area contributed by atoms with Crippen LogP contribution in [0.1, 0.15) is 55.1 Å². The van der Waals surface area contributed by atoms with Gasteiger partial charge in [-0.3, -0.25) is 5.43 Å². The lowest BCUT2D eigenvalue weighted by atomic mass is 10.00. The van der Waals surface area contributed by atoms with Crippen LogP contribution in [-0.4, -0.2) is 23.3 Å². The smallest absolute Gasteiger partial charge is 0.338 e. The minimum Gasteiger partial charge on any atom is -0.451 e. The third kappa shape index (κ3) is 7.74. The number of carbonyl (C=O) groups excluding carboxylic acids is 1. The largest absolute Gasteiger partial charge is 0.451 e. The van der Waals surface area contributed by atoms with Crippen molar-refractivity contribution in [3.05, 3.63) is 65.2 Å². The summed E-state index contributed by atoms with van der Waals surface area (Å²) in [5, 5.41) is 4.83. The van der Waals surface area contributed by atoms with Gasteiger partial charge in [-0.15, -0.1) is 0 Å². The highest BCUT2D eigenvalue weighted by molar-refractivity contribution is 8.13. The SMILES string of the molecule is Cc1ccc(C(C)C)c(N=C(N/N=C/C(C)C)SCOC(=O)c2ccccc2)c1. The highest BCUT2D eigenvalue weighted by Gasteiger charge is 2.10. The number of nitrogens with one attached hydrogen (secondary N) is 1. The van der Waals surface area contributed by atoms with E-state index in [0.717, 1.165) is 16.8 Å². The van der Waals surface area contributed by atoms with E-state index in [1.54, 1.807) is 12.1 Å². The molecule has 0 bridgehead atoms. The number of aryl methyl sites for hydroxylation is 1.